The average Bonchev–Trinajstić information content (AvgIpc) is 2.30. The molecule has 0 radical (unpaired) electrons. The van der Waals surface area contributed by atoms with E-state index in [0.717, 1.165) is 18.2 Å². The molecule has 0 unspecified atom stereocenters. The third-order valence-electron chi connectivity index (χ3n) is 1.66. The van der Waals surface area contributed by atoms with E-state index in [-0.39, 0.29) is 0 Å². The summed E-state index contributed by atoms with van der Waals surface area (Å²) in [5.41, 5.74) is 2.12. The summed E-state index contributed by atoms with van der Waals surface area (Å²) in [5.74, 6) is 0.177. The minimum atomic E-state index is -0.910. The van der Waals surface area contributed by atoms with Crippen molar-refractivity contribution >= 4 is 31.2 Å². The molecule has 3 nitrogen and oxygen atoms in total. The van der Waals surface area contributed by atoms with Gasteiger partial charge in [-0.15, -0.1) is 0 Å². The number of thiol groups is 2. The van der Waals surface area contributed by atoms with Crippen molar-refractivity contribution in [3.63, 3.8) is 0 Å². The lowest BCUT2D eigenvalue weighted by molar-refractivity contribution is 0.0696. The summed E-state index contributed by atoms with van der Waals surface area (Å²) in [6, 6.07) is 5.16. The molecule has 0 atom stereocenters. The van der Waals surface area contributed by atoms with E-state index in [1.165, 1.54) is 0 Å². The number of hydrogen-bond donors (Lipinski definition) is 4. The molecule has 0 saturated carbocycles. The van der Waals surface area contributed by atoms with E-state index in [2.05, 4.69) is 25.3 Å². The predicted molar refractivity (Wildman–Crippen MR) is 66.9 cm³/mol. The highest BCUT2D eigenvalue weighted by Crippen LogP contribution is 2.14. The van der Waals surface area contributed by atoms with Gasteiger partial charge in [0.25, 0.3) is 0 Å². The molecule has 1 aromatic carbocycles. The maximum atomic E-state index is 10.7. The first kappa shape index (κ1) is 14.3. The number of aliphatic hydroxyl groups is 1. The summed E-state index contributed by atoms with van der Waals surface area (Å²) in [6.45, 7) is 0. The van der Waals surface area contributed by atoms with Crippen LogP contribution in [0.4, 0.5) is 0 Å². The Morgan fingerprint density at radius 3 is 1.80 bits per heavy atom. The number of carbonyl (C=O) groups is 1. The molecule has 0 saturated heterocycles. The smallest absolute Gasteiger partial charge is 0.335 e. The second-order valence-corrected chi connectivity index (χ2v) is 3.29. The molecule has 0 aliphatic heterocycles. The minimum Gasteiger partial charge on any atom is -0.478 e. The van der Waals surface area contributed by atoms with E-state index in [9.17, 15) is 4.79 Å². The average molecular weight is 246 g/mol. The molecule has 84 valence electrons. The van der Waals surface area contributed by atoms with Crippen LogP contribution in [0.1, 0.15) is 21.5 Å². The Morgan fingerprint density at radius 1 is 1.13 bits per heavy atom. The lowest BCUT2D eigenvalue weighted by Crippen LogP contribution is -1.98. The van der Waals surface area contributed by atoms with Crippen molar-refractivity contribution in [3.8, 4) is 0 Å². The standard InChI is InChI=1S/C9H10O2S2.CH4O/c10-9(11)8-2-6(4-12)1-7(3-8)5-13;1-2/h1-3,12-13H,4-5H2,(H,10,11);2H,1H3. The van der Waals surface area contributed by atoms with E-state index in [4.69, 9.17) is 10.2 Å². The maximum Gasteiger partial charge on any atom is 0.335 e. The van der Waals surface area contributed by atoms with Crippen molar-refractivity contribution in [3.05, 3.63) is 34.9 Å². The van der Waals surface area contributed by atoms with Gasteiger partial charge in [-0.1, -0.05) is 6.07 Å². The van der Waals surface area contributed by atoms with Crippen molar-refractivity contribution < 1.29 is 15.0 Å². The Labute approximate surface area is 100.0 Å². The Morgan fingerprint density at radius 2 is 1.53 bits per heavy atom. The molecule has 2 N–H and O–H groups in total. The zero-order valence-electron chi connectivity index (χ0n) is 8.34. The molecule has 0 bridgehead atoms. The molecule has 0 amide bonds. The third kappa shape index (κ3) is 4.59. The van der Waals surface area contributed by atoms with Crippen LogP contribution in [0.25, 0.3) is 0 Å². The Bertz CT molecular complexity index is 304. The van der Waals surface area contributed by atoms with E-state index < -0.39 is 5.97 Å². The van der Waals surface area contributed by atoms with Crippen LogP contribution < -0.4 is 0 Å². The normalized spacial score (nSPS) is 9.07. The van der Waals surface area contributed by atoms with E-state index in [1.54, 1.807) is 12.1 Å². The van der Waals surface area contributed by atoms with Crippen molar-refractivity contribution in [2.24, 2.45) is 0 Å². The summed E-state index contributed by atoms with van der Waals surface area (Å²) in [6.07, 6.45) is 0. The van der Waals surface area contributed by atoms with Crippen LogP contribution >= 0.6 is 25.3 Å². The molecule has 5 heteroatoms. The molecule has 1 aromatic rings. The number of hydrogen-bond acceptors (Lipinski definition) is 4. The summed E-state index contributed by atoms with van der Waals surface area (Å²) in [4.78, 5) is 10.7. The van der Waals surface area contributed by atoms with Gasteiger partial charge in [-0.25, -0.2) is 4.79 Å². The number of carboxylic acids is 1. The van der Waals surface area contributed by atoms with Gasteiger partial charge in [0, 0.05) is 18.6 Å². The fourth-order valence-electron chi connectivity index (χ4n) is 1.07. The van der Waals surface area contributed by atoms with Crippen LogP contribution in [0.5, 0.6) is 0 Å². The largest absolute Gasteiger partial charge is 0.478 e. The predicted octanol–water partition coefficient (Wildman–Crippen LogP) is 1.85. The van der Waals surface area contributed by atoms with Crippen molar-refractivity contribution in [1.82, 2.24) is 0 Å². The monoisotopic (exact) mass is 246 g/mol. The Kier molecular flexibility index (Phi) is 7.29. The van der Waals surface area contributed by atoms with Crippen molar-refractivity contribution in [2.75, 3.05) is 7.11 Å². The maximum absolute atomic E-state index is 10.7. The number of carboxylic acid groups (broad SMARTS) is 1. The molecule has 0 spiro atoms. The number of rotatable bonds is 3. The van der Waals surface area contributed by atoms with Gasteiger partial charge >= 0.3 is 5.97 Å². The topological polar surface area (TPSA) is 57.5 Å². The van der Waals surface area contributed by atoms with Gasteiger partial charge < -0.3 is 10.2 Å². The third-order valence-corrected chi connectivity index (χ3v) is 2.39. The number of aromatic carboxylic acids is 1. The molecule has 0 aromatic heterocycles. The highest BCUT2D eigenvalue weighted by Gasteiger charge is 2.05. The second-order valence-electron chi connectivity index (χ2n) is 2.66. The summed E-state index contributed by atoms with van der Waals surface area (Å²) < 4.78 is 0. The van der Waals surface area contributed by atoms with Gasteiger partial charge in [0.2, 0.25) is 0 Å². The van der Waals surface area contributed by atoms with E-state index >= 15 is 0 Å². The highest BCUT2D eigenvalue weighted by molar-refractivity contribution is 7.79. The molecule has 0 aliphatic rings. The molecule has 0 aliphatic carbocycles. The van der Waals surface area contributed by atoms with Crippen LogP contribution in [-0.4, -0.2) is 23.3 Å². The first-order valence-electron chi connectivity index (χ1n) is 4.20. The number of benzene rings is 1. The van der Waals surface area contributed by atoms with Crippen molar-refractivity contribution in [2.45, 2.75) is 11.5 Å². The van der Waals surface area contributed by atoms with Crippen molar-refractivity contribution in [1.29, 1.82) is 0 Å². The van der Waals surface area contributed by atoms with Crippen LogP contribution in [0.3, 0.4) is 0 Å². The minimum absolute atomic E-state index is 0.301. The molecule has 1 rings (SSSR count). The molecule has 15 heavy (non-hydrogen) atoms. The van der Waals surface area contributed by atoms with Gasteiger partial charge in [0.1, 0.15) is 0 Å². The molecule has 0 heterocycles. The van der Waals surface area contributed by atoms with Crippen LogP contribution in [0.2, 0.25) is 0 Å². The summed E-state index contributed by atoms with van der Waals surface area (Å²) in [7, 11) is 1.00. The lowest BCUT2D eigenvalue weighted by Gasteiger charge is -2.03. The zero-order chi connectivity index (χ0) is 11.8. The Hall–Kier alpha value is -0.650. The first-order chi connectivity index (χ1) is 7.17. The van der Waals surface area contributed by atoms with Gasteiger partial charge in [-0.05, 0) is 23.3 Å². The van der Waals surface area contributed by atoms with Crippen LogP contribution in [0, 0.1) is 0 Å². The quantitative estimate of drug-likeness (QED) is 0.616. The van der Waals surface area contributed by atoms with Crippen LogP contribution in [0.15, 0.2) is 18.2 Å². The fraction of sp³-hybridized carbons (Fsp3) is 0.300. The van der Waals surface area contributed by atoms with Gasteiger partial charge in [-0.2, -0.15) is 25.3 Å². The zero-order valence-corrected chi connectivity index (χ0v) is 10.1. The van der Waals surface area contributed by atoms with Gasteiger partial charge in [-0.3, -0.25) is 0 Å². The fourth-order valence-corrected chi connectivity index (χ4v) is 1.43. The SMILES string of the molecule is CO.O=C(O)c1cc(CS)cc(CS)c1. The van der Waals surface area contributed by atoms with Crippen LogP contribution in [-0.2, 0) is 11.5 Å². The van der Waals surface area contributed by atoms with Gasteiger partial charge in [0.15, 0.2) is 0 Å². The highest BCUT2D eigenvalue weighted by atomic mass is 32.1. The molecular formula is C10H14O3S2. The number of aliphatic hydroxyl groups excluding tert-OH is 1. The molecule has 0 fully saturated rings. The van der Waals surface area contributed by atoms with E-state index in [0.29, 0.717) is 17.1 Å². The Balaban J connectivity index is 0.000000921. The lowest BCUT2D eigenvalue weighted by atomic mass is 10.1. The van der Waals surface area contributed by atoms with Gasteiger partial charge in [0.05, 0.1) is 5.56 Å². The summed E-state index contributed by atoms with van der Waals surface area (Å²) >= 11 is 8.19. The summed E-state index contributed by atoms with van der Waals surface area (Å²) in [5, 5.41) is 15.8. The first-order valence-corrected chi connectivity index (χ1v) is 5.46. The molecular weight excluding hydrogens is 232 g/mol. The van der Waals surface area contributed by atoms with E-state index in [1.807, 2.05) is 6.07 Å². The second kappa shape index (κ2) is 7.62.